The van der Waals surface area contributed by atoms with Crippen LogP contribution in [-0.2, 0) is 0 Å². The molecule has 0 unspecified atom stereocenters. The first-order valence-electron chi connectivity index (χ1n) is 9.47. The molecule has 6 heteroatoms. The fraction of sp³-hybridized carbons (Fsp3) is 0.273. The van der Waals surface area contributed by atoms with Gasteiger partial charge in [0.2, 0.25) is 0 Å². The lowest BCUT2D eigenvalue weighted by Crippen LogP contribution is -2.40. The van der Waals surface area contributed by atoms with Gasteiger partial charge in [-0.3, -0.25) is 4.79 Å². The highest BCUT2D eigenvalue weighted by atomic mass is 35.5. The van der Waals surface area contributed by atoms with Crippen LogP contribution < -0.4 is 10.6 Å². The number of anilines is 1. The molecule has 1 aliphatic rings. The van der Waals surface area contributed by atoms with Crippen LogP contribution in [0.2, 0.25) is 5.02 Å². The van der Waals surface area contributed by atoms with Crippen molar-refractivity contribution in [1.82, 2.24) is 10.3 Å². The Bertz CT molecular complexity index is 1000. The van der Waals surface area contributed by atoms with Crippen LogP contribution in [0, 0.1) is 5.82 Å². The van der Waals surface area contributed by atoms with E-state index in [1.165, 1.54) is 12.1 Å². The lowest BCUT2D eigenvalue weighted by atomic mass is 9.91. The van der Waals surface area contributed by atoms with Gasteiger partial charge in [-0.15, -0.1) is 0 Å². The summed E-state index contributed by atoms with van der Waals surface area (Å²) in [5.41, 5.74) is 1.27. The summed E-state index contributed by atoms with van der Waals surface area (Å²) >= 11 is 5.67. The Hall–Kier alpha value is -2.66. The zero-order valence-electron chi connectivity index (χ0n) is 15.3. The van der Waals surface area contributed by atoms with E-state index in [0.717, 1.165) is 42.4 Å². The lowest BCUT2D eigenvalue weighted by molar-refractivity contribution is 0.0926. The van der Waals surface area contributed by atoms with Gasteiger partial charge in [-0.1, -0.05) is 29.8 Å². The summed E-state index contributed by atoms with van der Waals surface area (Å²) in [5.74, 6) is 0.0381. The molecule has 1 aromatic heterocycles. The molecule has 4 nitrogen and oxygen atoms in total. The van der Waals surface area contributed by atoms with Gasteiger partial charge < -0.3 is 10.6 Å². The Morgan fingerprint density at radius 1 is 1.00 bits per heavy atom. The van der Waals surface area contributed by atoms with Gasteiger partial charge in [0.15, 0.2) is 0 Å². The van der Waals surface area contributed by atoms with E-state index in [-0.39, 0.29) is 17.0 Å². The van der Waals surface area contributed by atoms with E-state index in [4.69, 9.17) is 11.6 Å². The Balaban J connectivity index is 1.31. The van der Waals surface area contributed by atoms with Crippen molar-refractivity contribution in [3.8, 4) is 0 Å². The number of rotatable bonds is 4. The average Bonchev–Trinajstić information content (AvgIpc) is 2.71. The normalized spacial score (nSPS) is 19.4. The predicted molar refractivity (Wildman–Crippen MR) is 110 cm³/mol. The maximum absolute atomic E-state index is 13.5. The molecule has 2 N–H and O–H groups in total. The van der Waals surface area contributed by atoms with Gasteiger partial charge in [-0.25, -0.2) is 9.37 Å². The van der Waals surface area contributed by atoms with Crippen molar-refractivity contribution < 1.29 is 9.18 Å². The van der Waals surface area contributed by atoms with Crippen molar-refractivity contribution >= 4 is 34.2 Å². The summed E-state index contributed by atoms with van der Waals surface area (Å²) in [6, 6.07) is 16.7. The molecule has 0 spiro atoms. The molecule has 1 fully saturated rings. The third-order valence-corrected chi connectivity index (χ3v) is 5.50. The van der Waals surface area contributed by atoms with Crippen LogP contribution in [0.25, 0.3) is 10.9 Å². The third-order valence-electron chi connectivity index (χ3n) is 5.19. The van der Waals surface area contributed by atoms with Crippen molar-refractivity contribution in [2.24, 2.45) is 0 Å². The molecule has 28 heavy (non-hydrogen) atoms. The largest absolute Gasteiger partial charge is 0.367 e. The maximum atomic E-state index is 13.5. The first kappa shape index (κ1) is 18.7. The molecule has 0 saturated heterocycles. The number of fused-ring (bicyclic) bond motifs is 1. The van der Waals surface area contributed by atoms with E-state index < -0.39 is 5.82 Å². The summed E-state index contributed by atoms with van der Waals surface area (Å²) in [7, 11) is 0. The van der Waals surface area contributed by atoms with Gasteiger partial charge in [-0.05, 0) is 62.1 Å². The second kappa shape index (κ2) is 8.15. The van der Waals surface area contributed by atoms with Crippen molar-refractivity contribution in [2.75, 3.05) is 5.32 Å². The van der Waals surface area contributed by atoms with Crippen molar-refractivity contribution in [1.29, 1.82) is 0 Å². The molecular weight excluding hydrogens is 377 g/mol. The molecule has 0 atom stereocenters. The Morgan fingerprint density at radius 3 is 2.54 bits per heavy atom. The predicted octanol–water partition coefficient (Wildman–Crippen LogP) is 5.18. The van der Waals surface area contributed by atoms with Gasteiger partial charge in [0.05, 0.1) is 10.5 Å². The van der Waals surface area contributed by atoms with Crippen molar-refractivity contribution in [3.05, 3.63) is 71.0 Å². The molecule has 144 valence electrons. The molecule has 2 aromatic carbocycles. The second-order valence-corrected chi connectivity index (χ2v) is 7.59. The number of carbonyl (C=O) groups is 1. The van der Waals surface area contributed by atoms with E-state index in [1.807, 2.05) is 30.3 Å². The molecule has 1 aliphatic carbocycles. The molecule has 1 amide bonds. The van der Waals surface area contributed by atoms with Crippen LogP contribution in [0.3, 0.4) is 0 Å². The number of hydrogen-bond acceptors (Lipinski definition) is 3. The minimum absolute atomic E-state index is 0.0189. The molecule has 0 aliphatic heterocycles. The number of hydrogen-bond donors (Lipinski definition) is 2. The van der Waals surface area contributed by atoms with Crippen LogP contribution in [0.1, 0.15) is 36.0 Å². The van der Waals surface area contributed by atoms with Gasteiger partial charge in [0, 0.05) is 23.0 Å². The molecule has 1 saturated carbocycles. The topological polar surface area (TPSA) is 54.0 Å². The summed E-state index contributed by atoms with van der Waals surface area (Å²) < 4.78 is 13.5. The molecule has 3 aromatic rings. The zero-order chi connectivity index (χ0) is 19.5. The number of halogens is 2. The van der Waals surface area contributed by atoms with Crippen molar-refractivity contribution in [3.63, 3.8) is 0 Å². The quantitative estimate of drug-likeness (QED) is 0.637. The first-order chi connectivity index (χ1) is 13.6. The average molecular weight is 398 g/mol. The smallest absolute Gasteiger partial charge is 0.251 e. The van der Waals surface area contributed by atoms with Crippen LogP contribution in [0.15, 0.2) is 54.6 Å². The van der Waals surface area contributed by atoms with Gasteiger partial charge in [0.25, 0.3) is 5.91 Å². The minimum Gasteiger partial charge on any atom is -0.367 e. The second-order valence-electron chi connectivity index (χ2n) is 7.18. The number of nitrogens with zero attached hydrogens (tertiary/aromatic N) is 1. The zero-order valence-corrected chi connectivity index (χ0v) is 16.0. The summed E-state index contributed by atoms with van der Waals surface area (Å²) in [6.45, 7) is 0. The molecule has 0 radical (unpaired) electrons. The van der Waals surface area contributed by atoms with E-state index in [1.54, 1.807) is 6.07 Å². The first-order valence-corrected chi connectivity index (χ1v) is 9.84. The van der Waals surface area contributed by atoms with E-state index in [2.05, 4.69) is 21.7 Å². The number of nitrogens with one attached hydrogen (secondary N) is 2. The number of benzene rings is 2. The summed E-state index contributed by atoms with van der Waals surface area (Å²) in [4.78, 5) is 17.0. The summed E-state index contributed by atoms with van der Waals surface area (Å²) in [6.07, 6.45) is 3.61. The van der Waals surface area contributed by atoms with Gasteiger partial charge >= 0.3 is 0 Å². The Kier molecular flexibility index (Phi) is 5.44. The van der Waals surface area contributed by atoms with E-state index in [9.17, 15) is 9.18 Å². The molecule has 0 bridgehead atoms. The SMILES string of the molecule is O=C(N[C@H]1CC[C@@H](Nc2ccc3ccccc3n2)CC1)c1ccc(Cl)c(F)c1. The highest BCUT2D eigenvalue weighted by Gasteiger charge is 2.23. The highest BCUT2D eigenvalue weighted by molar-refractivity contribution is 6.30. The number of pyridine rings is 1. The third kappa shape index (κ3) is 4.25. The van der Waals surface area contributed by atoms with E-state index in [0.29, 0.717) is 11.6 Å². The molecule has 1 heterocycles. The standard InChI is InChI=1S/C22H21ClFN3O/c23-18-11-5-15(13-19(18)24)22(28)26-17-9-7-16(8-10-17)25-21-12-6-14-3-1-2-4-20(14)27-21/h1-6,11-13,16-17H,7-10H2,(H,25,27)(H,26,28)/t16-,17+. The maximum Gasteiger partial charge on any atom is 0.251 e. The Labute approximate surface area is 168 Å². The number of carbonyl (C=O) groups excluding carboxylic acids is 1. The van der Waals surface area contributed by atoms with Crippen LogP contribution in [0.4, 0.5) is 10.2 Å². The Morgan fingerprint density at radius 2 is 1.75 bits per heavy atom. The summed E-state index contributed by atoms with van der Waals surface area (Å²) in [5, 5.41) is 7.64. The number of aromatic nitrogens is 1. The number of amides is 1. The molecular formula is C22H21ClFN3O. The van der Waals surface area contributed by atoms with Gasteiger partial charge in [0.1, 0.15) is 11.6 Å². The number of para-hydroxylation sites is 1. The van der Waals surface area contributed by atoms with Crippen LogP contribution >= 0.6 is 11.6 Å². The fourth-order valence-electron chi connectivity index (χ4n) is 3.64. The van der Waals surface area contributed by atoms with Gasteiger partial charge in [-0.2, -0.15) is 0 Å². The lowest BCUT2D eigenvalue weighted by Gasteiger charge is -2.30. The van der Waals surface area contributed by atoms with Crippen molar-refractivity contribution in [2.45, 2.75) is 37.8 Å². The minimum atomic E-state index is -0.579. The van der Waals surface area contributed by atoms with E-state index >= 15 is 0 Å². The monoisotopic (exact) mass is 397 g/mol. The fourth-order valence-corrected chi connectivity index (χ4v) is 3.76. The van der Waals surface area contributed by atoms with Crippen LogP contribution in [0.5, 0.6) is 0 Å². The molecule has 4 rings (SSSR count). The van der Waals surface area contributed by atoms with Crippen LogP contribution in [-0.4, -0.2) is 23.0 Å². The highest BCUT2D eigenvalue weighted by Crippen LogP contribution is 2.23.